The molecule has 2 aromatic carbocycles. The number of allylic oxidation sites excluding steroid dienone is 5. The second-order valence-electron chi connectivity index (χ2n) is 10.4. The van der Waals surface area contributed by atoms with Gasteiger partial charge in [-0.15, -0.1) is 0 Å². The van der Waals surface area contributed by atoms with E-state index < -0.39 is 17.5 Å². The van der Waals surface area contributed by atoms with Crippen LogP contribution in [0.15, 0.2) is 74.6 Å². The van der Waals surface area contributed by atoms with Crippen molar-refractivity contribution >= 4 is 16.9 Å². The maximum absolute atomic E-state index is 2.68. The first kappa shape index (κ1) is 26.6. The Kier molecular flexibility index (Phi) is 7.93. The molecule has 34 heavy (non-hydrogen) atoms. The van der Waals surface area contributed by atoms with Crippen LogP contribution in [-0.2, 0) is 17.5 Å². The van der Waals surface area contributed by atoms with Crippen molar-refractivity contribution in [1.29, 1.82) is 0 Å². The molecule has 0 N–H and O–H groups in total. The van der Waals surface area contributed by atoms with E-state index in [1.54, 1.807) is 46.4 Å². The topological polar surface area (TPSA) is 0 Å². The van der Waals surface area contributed by atoms with Crippen molar-refractivity contribution in [1.82, 2.24) is 0 Å². The van der Waals surface area contributed by atoms with E-state index in [9.17, 15) is 0 Å². The Morgan fingerprint density at radius 3 is 2.09 bits per heavy atom. The van der Waals surface area contributed by atoms with Crippen LogP contribution in [0.2, 0.25) is 24.2 Å². The van der Waals surface area contributed by atoms with Crippen molar-refractivity contribution in [2.45, 2.75) is 61.9 Å². The van der Waals surface area contributed by atoms with E-state index in [4.69, 9.17) is 0 Å². The van der Waals surface area contributed by atoms with Crippen LogP contribution in [-0.4, -0.2) is 10.9 Å². The molecule has 2 aliphatic heterocycles. The molecule has 2 aliphatic carbocycles. The Hall–Kier alpha value is -0.443. The number of hydrogen-bond acceptors (Lipinski definition) is 0. The van der Waals surface area contributed by atoms with Gasteiger partial charge in [0.25, 0.3) is 0 Å². The van der Waals surface area contributed by atoms with Crippen LogP contribution in [0, 0.1) is 5.92 Å². The fourth-order valence-electron chi connectivity index (χ4n) is 7.78. The molecule has 0 spiro atoms. The van der Waals surface area contributed by atoms with Gasteiger partial charge in [0.2, 0.25) is 0 Å². The summed E-state index contributed by atoms with van der Waals surface area (Å²) in [6, 6.07) is 25.1. The molecule has 0 fully saturated rings. The molecule has 0 radical (unpaired) electrons. The summed E-state index contributed by atoms with van der Waals surface area (Å²) >= 11 is -2.58. The van der Waals surface area contributed by atoms with Gasteiger partial charge in [0.15, 0.2) is 0 Å². The second kappa shape index (κ2) is 10.1. The Labute approximate surface area is 222 Å². The molecule has 6 rings (SSSR count). The Balaban J connectivity index is 0.00000137. The number of benzene rings is 2. The summed E-state index contributed by atoms with van der Waals surface area (Å²) in [6.45, 7) is 9.91. The fourth-order valence-corrected chi connectivity index (χ4v) is 90.0. The van der Waals surface area contributed by atoms with Crippen molar-refractivity contribution in [2.24, 2.45) is 5.92 Å². The molecule has 0 aromatic heterocycles. The maximum atomic E-state index is 2.68. The van der Waals surface area contributed by atoms with E-state index in [1.807, 2.05) is 5.57 Å². The number of fused-ring (bicyclic) bond motifs is 1. The number of rotatable bonds is 4. The van der Waals surface area contributed by atoms with Crippen LogP contribution in [0.1, 0.15) is 48.9 Å². The largest absolute Gasteiger partial charge is 1.00 e. The van der Waals surface area contributed by atoms with E-state index in [0.717, 1.165) is 9.54 Å². The van der Waals surface area contributed by atoms with Crippen molar-refractivity contribution in [3.05, 3.63) is 85.7 Å². The Morgan fingerprint density at radius 1 is 0.882 bits per heavy atom. The monoisotopic (exact) mass is 598 g/mol. The zero-order chi connectivity index (χ0) is 22.0. The van der Waals surface area contributed by atoms with Crippen molar-refractivity contribution in [3.63, 3.8) is 0 Å². The van der Waals surface area contributed by atoms with Crippen LogP contribution < -0.4 is 24.8 Å². The summed E-state index contributed by atoms with van der Waals surface area (Å²) in [5, 5.41) is 0. The van der Waals surface area contributed by atoms with Gasteiger partial charge in [-0.2, -0.15) is 0 Å². The third kappa shape index (κ3) is 3.67. The van der Waals surface area contributed by atoms with E-state index in [0.29, 0.717) is 0 Å². The normalized spacial score (nSPS) is 22.1. The third-order valence-corrected chi connectivity index (χ3v) is 66.6. The molecule has 2 bridgehead atoms. The van der Waals surface area contributed by atoms with E-state index in [1.165, 1.54) is 17.5 Å². The van der Waals surface area contributed by atoms with E-state index >= 15 is 0 Å². The molecule has 4 aliphatic rings. The van der Waals surface area contributed by atoms with Crippen LogP contribution in [0.3, 0.4) is 0 Å². The van der Waals surface area contributed by atoms with Gasteiger partial charge in [-0.1, -0.05) is 0 Å². The molecule has 2 unspecified atom stereocenters. The first-order valence-electron chi connectivity index (χ1n) is 12.6. The molecule has 0 saturated heterocycles. The Morgan fingerprint density at radius 2 is 1.53 bits per heavy atom. The third-order valence-electron chi connectivity index (χ3n) is 9.03. The van der Waals surface area contributed by atoms with Crippen molar-refractivity contribution < 1.29 is 42.3 Å². The van der Waals surface area contributed by atoms with Gasteiger partial charge in [-0.3, -0.25) is 0 Å². The van der Waals surface area contributed by atoms with Crippen LogP contribution in [0.4, 0.5) is 0 Å². The summed E-state index contributed by atoms with van der Waals surface area (Å²) in [4.78, 5) is 0. The summed E-state index contributed by atoms with van der Waals surface area (Å²) in [7, 11) is 0. The summed E-state index contributed by atoms with van der Waals surface area (Å²) in [5.74, 6) is 0.724. The predicted molar refractivity (Wildman–Crippen MR) is 139 cm³/mol. The van der Waals surface area contributed by atoms with Gasteiger partial charge < -0.3 is 24.8 Å². The predicted octanol–water partition coefficient (Wildman–Crippen LogP) is 2.24. The molecular formula is C29H34Cl2Si2Zr. The van der Waals surface area contributed by atoms with Crippen LogP contribution in [0.5, 0.6) is 0 Å². The zero-order valence-corrected chi connectivity index (χ0v) is 26.7. The molecule has 176 valence electrons. The molecule has 5 heteroatoms. The van der Waals surface area contributed by atoms with Gasteiger partial charge in [-0.05, 0) is 0 Å². The molecule has 2 aromatic rings. The fraction of sp³-hybridized carbons (Fsp3) is 0.379. The van der Waals surface area contributed by atoms with Crippen molar-refractivity contribution in [2.75, 3.05) is 0 Å². The molecular weight excluding hydrogens is 567 g/mol. The van der Waals surface area contributed by atoms with Crippen molar-refractivity contribution in [3.8, 4) is 11.1 Å². The van der Waals surface area contributed by atoms with Gasteiger partial charge in [-0.25, -0.2) is 0 Å². The van der Waals surface area contributed by atoms with Crippen LogP contribution in [0.25, 0.3) is 17.2 Å². The SMILES string of the molecule is CCC1=Cc2c(-c3ccccc3)cccc2[CH]1[Zr+2]1([C]2=C(C)C(C)=CC2C)=[Si]2CC[Si]=1CC2.[Cl-].[Cl-]. The molecule has 0 amide bonds. The minimum atomic E-state index is -2.58. The van der Waals surface area contributed by atoms with Gasteiger partial charge in [0, 0.05) is 0 Å². The maximum Gasteiger partial charge on any atom is -1.00 e. The zero-order valence-electron chi connectivity index (χ0n) is 20.7. The second-order valence-corrected chi connectivity index (χ2v) is 44.2. The van der Waals surface area contributed by atoms with Crippen LogP contribution >= 0.6 is 0 Å². The minimum absolute atomic E-state index is 0. The first-order valence-corrected chi connectivity index (χ1v) is 26.4. The average Bonchev–Trinajstić information content (AvgIpc) is 3.53. The van der Waals surface area contributed by atoms with Gasteiger partial charge in [0.1, 0.15) is 0 Å². The average molecular weight is 601 g/mol. The van der Waals surface area contributed by atoms with E-state index in [-0.39, 0.29) is 35.7 Å². The first-order chi connectivity index (χ1) is 15.6. The molecule has 2 atom stereocenters. The smallest absolute Gasteiger partial charge is 1.00 e. The Bertz CT molecular complexity index is 1340. The molecule has 2 heterocycles. The van der Waals surface area contributed by atoms with Gasteiger partial charge >= 0.3 is 199 Å². The summed E-state index contributed by atoms with van der Waals surface area (Å²) in [6.07, 6.45) is 6.56. The quantitative estimate of drug-likeness (QED) is 0.473. The standard InChI is InChI=1S/C17H15.C8H11.C4H8Si2.2ClH.Zr/c1-2-13-11-15-9-6-10-16(17(15)12-13)14-7-4-3-5-8-14;1-6-4-7(2)8(3)5-6;1-2-6-4-3-5-1;;;/h3-12H,2H2,1H3;4,6H,1-3H3;1-4H2;2*1H;/q;;;;;+2/p-2. The van der Waals surface area contributed by atoms with Gasteiger partial charge in [0.05, 0.1) is 0 Å². The number of hydrogen-bond donors (Lipinski definition) is 0. The van der Waals surface area contributed by atoms with E-state index in [2.05, 4.69) is 91.7 Å². The summed E-state index contributed by atoms with van der Waals surface area (Å²) < 4.78 is 2.96. The molecule has 0 saturated carbocycles. The molecule has 0 nitrogen and oxygen atoms in total. The minimum Gasteiger partial charge on any atom is -1.00 e. The summed E-state index contributed by atoms with van der Waals surface area (Å²) in [5.41, 5.74) is 11.1. The number of halogens is 2.